The molecule has 1 N–H and O–H groups in total. The minimum Gasteiger partial charge on any atom is -0.408 e. The summed E-state index contributed by atoms with van der Waals surface area (Å²) in [6.45, 7) is 5.56. The Bertz CT molecular complexity index is 633. The lowest BCUT2D eigenvalue weighted by molar-refractivity contribution is -0.130. The van der Waals surface area contributed by atoms with E-state index in [2.05, 4.69) is 17.6 Å². The SMILES string of the molecule is CC(=O)CC1(c2ccc3c(c2)CCCNO3)CCN(C(C)=O)CC1. The van der Waals surface area contributed by atoms with Crippen molar-refractivity contribution in [2.75, 3.05) is 19.6 Å². The van der Waals surface area contributed by atoms with E-state index in [1.54, 1.807) is 13.8 Å². The van der Waals surface area contributed by atoms with Gasteiger partial charge in [0.25, 0.3) is 0 Å². The van der Waals surface area contributed by atoms with E-state index in [1.165, 1.54) is 11.1 Å². The van der Waals surface area contributed by atoms with Crippen molar-refractivity contribution in [2.24, 2.45) is 0 Å². The number of hydrogen-bond acceptors (Lipinski definition) is 4. The molecule has 3 rings (SSSR count). The van der Waals surface area contributed by atoms with Crippen LogP contribution in [-0.2, 0) is 21.4 Å². The molecule has 0 saturated carbocycles. The van der Waals surface area contributed by atoms with Gasteiger partial charge in [0.1, 0.15) is 11.5 Å². The number of fused-ring (bicyclic) bond motifs is 1. The molecular weight excluding hydrogens is 304 g/mol. The zero-order chi connectivity index (χ0) is 17.2. The molecule has 1 aromatic carbocycles. The summed E-state index contributed by atoms with van der Waals surface area (Å²) in [6.07, 6.45) is 4.23. The zero-order valence-electron chi connectivity index (χ0n) is 14.6. The Labute approximate surface area is 143 Å². The number of nitrogens with one attached hydrogen (secondary N) is 1. The number of hydroxylamine groups is 1. The molecule has 2 aliphatic heterocycles. The predicted molar refractivity (Wildman–Crippen MR) is 91.9 cm³/mol. The van der Waals surface area contributed by atoms with E-state index in [-0.39, 0.29) is 17.1 Å². The fourth-order valence-electron chi connectivity index (χ4n) is 3.98. The predicted octanol–water partition coefficient (Wildman–Crippen LogP) is 2.38. The molecule has 0 bridgehead atoms. The third-order valence-electron chi connectivity index (χ3n) is 5.33. The smallest absolute Gasteiger partial charge is 0.219 e. The number of benzene rings is 1. The van der Waals surface area contributed by atoms with Crippen LogP contribution in [0.4, 0.5) is 0 Å². The van der Waals surface area contributed by atoms with Crippen molar-refractivity contribution in [3.8, 4) is 5.75 Å². The monoisotopic (exact) mass is 330 g/mol. The van der Waals surface area contributed by atoms with Crippen molar-refractivity contribution in [1.82, 2.24) is 10.4 Å². The maximum atomic E-state index is 11.9. The molecule has 0 unspecified atom stereocenters. The molecule has 5 heteroatoms. The maximum Gasteiger partial charge on any atom is 0.219 e. The van der Waals surface area contributed by atoms with Gasteiger partial charge in [0.05, 0.1) is 0 Å². The van der Waals surface area contributed by atoms with Crippen molar-refractivity contribution < 1.29 is 14.4 Å². The fraction of sp³-hybridized carbons (Fsp3) is 0.579. The molecule has 0 spiro atoms. The molecule has 1 fully saturated rings. The summed E-state index contributed by atoms with van der Waals surface area (Å²) in [5.74, 6) is 1.21. The van der Waals surface area contributed by atoms with Gasteiger partial charge in [0, 0.05) is 38.4 Å². The van der Waals surface area contributed by atoms with Crippen molar-refractivity contribution >= 4 is 11.7 Å². The summed E-state index contributed by atoms with van der Waals surface area (Å²) in [6, 6.07) is 6.33. The lowest BCUT2D eigenvalue weighted by Gasteiger charge is -2.42. The number of amides is 1. The van der Waals surface area contributed by atoms with Gasteiger partial charge in [-0.05, 0) is 49.8 Å². The molecule has 130 valence electrons. The molecule has 2 heterocycles. The molecule has 0 atom stereocenters. The van der Waals surface area contributed by atoms with Gasteiger partial charge in [-0.2, -0.15) is 5.48 Å². The minimum atomic E-state index is -0.160. The van der Waals surface area contributed by atoms with E-state index in [0.717, 1.165) is 51.1 Å². The third kappa shape index (κ3) is 3.46. The molecule has 24 heavy (non-hydrogen) atoms. The summed E-state index contributed by atoms with van der Waals surface area (Å²) in [5.41, 5.74) is 5.22. The summed E-state index contributed by atoms with van der Waals surface area (Å²) >= 11 is 0. The molecule has 1 aromatic rings. The van der Waals surface area contributed by atoms with Crippen LogP contribution < -0.4 is 10.3 Å². The molecule has 1 amide bonds. The van der Waals surface area contributed by atoms with E-state index in [0.29, 0.717) is 6.42 Å². The normalized spacial score (nSPS) is 19.8. The summed E-state index contributed by atoms with van der Waals surface area (Å²) < 4.78 is 0. The van der Waals surface area contributed by atoms with Gasteiger partial charge >= 0.3 is 0 Å². The molecular formula is C19H26N2O3. The first-order valence-corrected chi connectivity index (χ1v) is 8.78. The largest absolute Gasteiger partial charge is 0.408 e. The van der Waals surface area contributed by atoms with Crippen LogP contribution in [0.15, 0.2) is 18.2 Å². The van der Waals surface area contributed by atoms with Gasteiger partial charge in [0.15, 0.2) is 0 Å². The van der Waals surface area contributed by atoms with Gasteiger partial charge in [-0.1, -0.05) is 12.1 Å². The third-order valence-corrected chi connectivity index (χ3v) is 5.33. The van der Waals surface area contributed by atoms with Crippen LogP contribution in [0.2, 0.25) is 0 Å². The Hall–Kier alpha value is -1.88. The van der Waals surface area contributed by atoms with Crippen LogP contribution in [0.1, 0.15) is 50.7 Å². The molecule has 0 aromatic heterocycles. The highest BCUT2D eigenvalue weighted by molar-refractivity contribution is 5.77. The van der Waals surface area contributed by atoms with Crippen molar-refractivity contribution in [2.45, 2.75) is 51.4 Å². The van der Waals surface area contributed by atoms with Gasteiger partial charge in [-0.25, -0.2) is 0 Å². The topological polar surface area (TPSA) is 58.6 Å². The van der Waals surface area contributed by atoms with E-state index in [9.17, 15) is 9.59 Å². The number of piperidine rings is 1. The molecule has 0 aliphatic carbocycles. The van der Waals surface area contributed by atoms with Gasteiger partial charge in [0.2, 0.25) is 5.91 Å². The first-order valence-electron chi connectivity index (χ1n) is 8.78. The lowest BCUT2D eigenvalue weighted by atomic mass is 9.69. The Kier molecular flexibility index (Phi) is 4.90. The summed E-state index contributed by atoms with van der Waals surface area (Å²) in [7, 11) is 0. The van der Waals surface area contributed by atoms with Gasteiger partial charge in [-0.15, -0.1) is 0 Å². The number of carbonyl (C=O) groups is 2. The summed E-state index contributed by atoms with van der Waals surface area (Å²) in [5, 5.41) is 0. The van der Waals surface area contributed by atoms with E-state index in [1.807, 2.05) is 11.0 Å². The number of hydrogen-bond donors (Lipinski definition) is 1. The minimum absolute atomic E-state index is 0.118. The van der Waals surface area contributed by atoms with Crippen molar-refractivity contribution in [3.63, 3.8) is 0 Å². The van der Waals surface area contributed by atoms with E-state index in [4.69, 9.17) is 4.84 Å². The second-order valence-electron chi connectivity index (χ2n) is 7.09. The van der Waals surface area contributed by atoms with Crippen LogP contribution >= 0.6 is 0 Å². The van der Waals surface area contributed by atoms with Gasteiger partial charge in [-0.3, -0.25) is 9.59 Å². The Morgan fingerprint density at radius 1 is 1.25 bits per heavy atom. The van der Waals surface area contributed by atoms with E-state index >= 15 is 0 Å². The second kappa shape index (κ2) is 6.93. The quantitative estimate of drug-likeness (QED) is 0.924. The number of nitrogens with zero attached hydrogens (tertiary/aromatic N) is 1. The first-order chi connectivity index (χ1) is 11.5. The standard InChI is InChI=1S/C19H26N2O3/c1-14(22)13-19(7-10-21(11-8-19)15(2)23)17-5-6-18-16(12-17)4-3-9-20-24-18/h5-6,12,20H,3-4,7-11,13H2,1-2H3. The van der Waals surface area contributed by atoms with Crippen LogP contribution in [-0.4, -0.2) is 36.2 Å². The molecule has 0 radical (unpaired) electrons. The highest BCUT2D eigenvalue weighted by atomic mass is 16.6. The maximum absolute atomic E-state index is 11.9. The number of aryl methyl sites for hydroxylation is 1. The zero-order valence-corrected chi connectivity index (χ0v) is 14.6. The number of likely N-dealkylation sites (tertiary alicyclic amines) is 1. The van der Waals surface area contributed by atoms with Crippen molar-refractivity contribution in [3.05, 3.63) is 29.3 Å². The number of ketones is 1. The highest BCUT2D eigenvalue weighted by Crippen LogP contribution is 2.40. The second-order valence-corrected chi connectivity index (χ2v) is 7.09. The molecule has 2 aliphatic rings. The van der Waals surface area contributed by atoms with Gasteiger partial charge < -0.3 is 9.74 Å². The summed E-state index contributed by atoms with van der Waals surface area (Å²) in [4.78, 5) is 31.0. The Balaban J connectivity index is 1.91. The van der Waals surface area contributed by atoms with Crippen LogP contribution in [0, 0.1) is 0 Å². The number of Topliss-reactive ketones (excluding diaryl/α,β-unsaturated/α-hetero) is 1. The number of rotatable bonds is 3. The lowest BCUT2D eigenvalue weighted by Crippen LogP contribution is -2.45. The van der Waals surface area contributed by atoms with Crippen LogP contribution in [0.25, 0.3) is 0 Å². The Morgan fingerprint density at radius 3 is 2.67 bits per heavy atom. The fourth-order valence-corrected chi connectivity index (χ4v) is 3.98. The Morgan fingerprint density at radius 2 is 2.00 bits per heavy atom. The highest BCUT2D eigenvalue weighted by Gasteiger charge is 2.38. The van der Waals surface area contributed by atoms with Crippen LogP contribution in [0.3, 0.4) is 0 Å². The average molecular weight is 330 g/mol. The van der Waals surface area contributed by atoms with E-state index < -0.39 is 0 Å². The van der Waals surface area contributed by atoms with Crippen molar-refractivity contribution in [1.29, 1.82) is 0 Å². The first kappa shape index (κ1) is 17.0. The average Bonchev–Trinajstić information content (AvgIpc) is 2.79. The molecule has 5 nitrogen and oxygen atoms in total. The number of carbonyl (C=O) groups excluding carboxylic acids is 2. The molecule has 1 saturated heterocycles. The van der Waals surface area contributed by atoms with Crippen LogP contribution in [0.5, 0.6) is 5.75 Å².